The molecule has 0 atom stereocenters. The van der Waals surface area contributed by atoms with Gasteiger partial charge in [-0.15, -0.1) is 0 Å². The van der Waals surface area contributed by atoms with Gasteiger partial charge in [0, 0.05) is 43.9 Å². The van der Waals surface area contributed by atoms with Crippen molar-refractivity contribution < 1.29 is 4.42 Å². The van der Waals surface area contributed by atoms with Gasteiger partial charge in [-0.25, -0.2) is 0 Å². The van der Waals surface area contributed by atoms with Gasteiger partial charge in [-0.05, 0) is 135 Å². The summed E-state index contributed by atoms with van der Waals surface area (Å²) in [4.78, 5) is 2.67. The van der Waals surface area contributed by atoms with Crippen LogP contribution in [0.4, 0.5) is 11.4 Å². The van der Waals surface area contributed by atoms with E-state index in [0.717, 1.165) is 59.0 Å². The second-order valence-corrected chi connectivity index (χ2v) is 18.9. The van der Waals surface area contributed by atoms with E-state index in [9.17, 15) is 0 Å². The Morgan fingerprint density at radius 2 is 1.29 bits per heavy atom. The van der Waals surface area contributed by atoms with E-state index in [2.05, 4.69) is 189 Å². The van der Waals surface area contributed by atoms with Crippen LogP contribution in [0.25, 0.3) is 82.8 Å². The molecule has 2 aliphatic heterocycles. The lowest BCUT2D eigenvalue weighted by Gasteiger charge is -2.43. The van der Waals surface area contributed by atoms with Crippen LogP contribution in [0, 0.1) is 0 Å². The smallest absolute Gasteiger partial charge is 0.333 e. The molecule has 3 aliphatic rings. The van der Waals surface area contributed by atoms with Crippen LogP contribution in [0.15, 0.2) is 156 Å². The molecule has 0 saturated carbocycles. The highest BCUT2D eigenvalue weighted by Gasteiger charge is 2.49. The van der Waals surface area contributed by atoms with Crippen LogP contribution in [-0.4, -0.2) is 11.4 Å². The first-order chi connectivity index (χ1) is 30.9. The normalized spacial score (nSPS) is 14.2. The number of hydrogen-bond acceptors (Lipinski definition) is 2. The molecule has 13 rings (SSSR count). The summed E-state index contributed by atoms with van der Waals surface area (Å²) in [5, 5.41) is 5.04. The van der Waals surface area contributed by atoms with Gasteiger partial charge in [-0.3, -0.25) is 0 Å². The third-order valence-corrected chi connectivity index (χ3v) is 14.9. The SMILES string of the molecule is CCCCc1ccc2c(c1)c1cc(CCCC)cc3c1n2-c1c2c(cc4c1C(C)(C)c1ccccc1-4)-c1ccc4c(oc5ccccc54)c1N(c1ccc(-c4ccccc4)cc1)B23. The molecule has 0 amide bonds. The Hall–Kier alpha value is -6.78. The lowest BCUT2D eigenvalue weighted by Crippen LogP contribution is -2.61. The Balaban J connectivity index is 1.21. The molecule has 8 aromatic carbocycles. The number of rotatable bonds is 8. The predicted octanol–water partition coefficient (Wildman–Crippen LogP) is 14.6. The first-order valence-electron chi connectivity index (χ1n) is 23.3. The van der Waals surface area contributed by atoms with Gasteiger partial charge < -0.3 is 13.8 Å². The Morgan fingerprint density at radius 3 is 2.11 bits per heavy atom. The molecule has 2 aromatic heterocycles. The molecule has 3 nitrogen and oxygen atoms in total. The second kappa shape index (κ2) is 13.6. The number of aryl methyl sites for hydroxylation is 2. The molecule has 0 unspecified atom stereocenters. The monoisotopic (exact) mass is 812 g/mol. The van der Waals surface area contributed by atoms with Gasteiger partial charge in [0.15, 0.2) is 5.58 Å². The van der Waals surface area contributed by atoms with Gasteiger partial charge in [-0.1, -0.05) is 144 Å². The quantitative estimate of drug-likeness (QED) is 0.143. The molecule has 4 heterocycles. The van der Waals surface area contributed by atoms with Crippen molar-refractivity contribution in [1.82, 2.24) is 4.57 Å². The summed E-state index contributed by atoms with van der Waals surface area (Å²) in [6.45, 7) is 9.41. The number of aromatic nitrogens is 1. The summed E-state index contributed by atoms with van der Waals surface area (Å²) in [6.07, 6.45) is 6.84. The van der Waals surface area contributed by atoms with E-state index in [4.69, 9.17) is 4.42 Å². The fourth-order valence-electron chi connectivity index (χ4n) is 12.0. The number of unbranched alkanes of at least 4 members (excludes halogenated alkanes) is 2. The second-order valence-electron chi connectivity index (χ2n) is 18.9. The first-order valence-corrected chi connectivity index (χ1v) is 23.3. The third kappa shape index (κ3) is 5.10. The van der Waals surface area contributed by atoms with Gasteiger partial charge in [0.05, 0.1) is 16.7 Å². The number of fused-ring (bicyclic) bond motifs is 15. The van der Waals surface area contributed by atoms with E-state index >= 15 is 0 Å². The minimum Gasteiger partial charge on any atom is -0.454 e. The van der Waals surface area contributed by atoms with Gasteiger partial charge in [0.25, 0.3) is 0 Å². The maximum Gasteiger partial charge on any atom is 0.333 e. The average Bonchev–Trinajstić information content (AvgIpc) is 3.94. The van der Waals surface area contributed by atoms with E-state index in [1.807, 2.05) is 0 Å². The molecule has 304 valence electrons. The molecule has 0 fully saturated rings. The number of anilines is 2. The summed E-state index contributed by atoms with van der Waals surface area (Å²) < 4.78 is 9.82. The van der Waals surface area contributed by atoms with Crippen LogP contribution in [0.3, 0.4) is 0 Å². The van der Waals surface area contributed by atoms with E-state index in [0.29, 0.717) is 0 Å². The Morgan fingerprint density at radius 1 is 0.556 bits per heavy atom. The lowest BCUT2D eigenvalue weighted by atomic mass is 9.43. The molecular formula is C59H49BN2O. The maximum atomic E-state index is 7.10. The minimum atomic E-state index is -0.228. The summed E-state index contributed by atoms with van der Waals surface area (Å²) in [5.41, 5.74) is 24.0. The number of nitrogens with zero attached hydrogens (tertiary/aromatic N) is 2. The van der Waals surface area contributed by atoms with Gasteiger partial charge in [-0.2, -0.15) is 0 Å². The van der Waals surface area contributed by atoms with Crippen LogP contribution < -0.4 is 15.7 Å². The topological polar surface area (TPSA) is 21.3 Å². The van der Waals surface area contributed by atoms with Crippen molar-refractivity contribution in [2.24, 2.45) is 0 Å². The van der Waals surface area contributed by atoms with Crippen molar-refractivity contribution in [3.8, 4) is 39.1 Å². The molecular weight excluding hydrogens is 763 g/mol. The van der Waals surface area contributed by atoms with Crippen molar-refractivity contribution in [3.63, 3.8) is 0 Å². The van der Waals surface area contributed by atoms with E-state index in [1.165, 1.54) is 107 Å². The maximum absolute atomic E-state index is 7.10. The summed E-state index contributed by atoms with van der Waals surface area (Å²) >= 11 is 0. The van der Waals surface area contributed by atoms with Gasteiger partial charge >= 0.3 is 6.85 Å². The highest BCUT2D eigenvalue weighted by atomic mass is 16.3. The van der Waals surface area contributed by atoms with E-state index < -0.39 is 0 Å². The van der Waals surface area contributed by atoms with Crippen molar-refractivity contribution in [2.75, 3.05) is 4.81 Å². The van der Waals surface area contributed by atoms with Crippen molar-refractivity contribution in [1.29, 1.82) is 0 Å². The van der Waals surface area contributed by atoms with E-state index in [-0.39, 0.29) is 12.3 Å². The third-order valence-electron chi connectivity index (χ3n) is 14.9. The molecule has 0 N–H and O–H groups in total. The molecule has 0 bridgehead atoms. The van der Waals surface area contributed by atoms with Gasteiger partial charge in [0.1, 0.15) is 5.58 Å². The first kappa shape index (κ1) is 36.8. The van der Waals surface area contributed by atoms with Crippen LogP contribution >= 0.6 is 0 Å². The standard InChI is InChI=1S/C59H49BN2O/c1-5-7-16-36-24-31-51-45(32-36)48-33-37(17-8-6-2)34-50-55(48)61(51)57-53-46(41-20-12-14-22-49(41)59(53,3)4)35-47-43-29-30-44-42-21-13-15-23-52(42)63-58(44)56(43)62(60(50)54(47)57)40-27-25-39(26-28-40)38-18-10-9-11-19-38/h9-15,18-35H,5-8,16-17H2,1-4H3. The lowest BCUT2D eigenvalue weighted by molar-refractivity contribution is 0.657. The summed E-state index contributed by atoms with van der Waals surface area (Å²) in [5.74, 6) is 0. The Kier molecular flexibility index (Phi) is 7.96. The van der Waals surface area contributed by atoms with Crippen LogP contribution in [0.2, 0.25) is 0 Å². The van der Waals surface area contributed by atoms with Crippen molar-refractivity contribution in [3.05, 3.63) is 174 Å². The number of furan rings is 1. The molecule has 0 spiro atoms. The molecule has 1 aliphatic carbocycles. The fourth-order valence-corrected chi connectivity index (χ4v) is 12.0. The summed E-state index contributed by atoms with van der Waals surface area (Å²) in [7, 11) is 0. The van der Waals surface area contributed by atoms with Crippen LogP contribution in [-0.2, 0) is 18.3 Å². The Bertz CT molecular complexity index is 3520. The molecule has 0 radical (unpaired) electrons. The van der Waals surface area contributed by atoms with Gasteiger partial charge in [0.2, 0.25) is 0 Å². The minimum absolute atomic E-state index is 0.117. The number of para-hydroxylation sites is 1. The molecule has 63 heavy (non-hydrogen) atoms. The number of hydrogen-bond donors (Lipinski definition) is 0. The zero-order chi connectivity index (χ0) is 42.1. The van der Waals surface area contributed by atoms with E-state index in [1.54, 1.807) is 0 Å². The Labute approximate surface area is 369 Å². The molecule has 4 heteroatoms. The van der Waals surface area contributed by atoms with Crippen LogP contribution in [0.5, 0.6) is 0 Å². The zero-order valence-corrected chi connectivity index (χ0v) is 36.6. The fraction of sp³-hybridized carbons (Fsp3) is 0.186. The molecule has 10 aromatic rings. The average molecular weight is 813 g/mol. The van der Waals surface area contributed by atoms with Crippen molar-refractivity contribution in [2.45, 2.75) is 71.6 Å². The molecule has 0 saturated heterocycles. The van der Waals surface area contributed by atoms with Crippen molar-refractivity contribution >= 4 is 72.9 Å². The number of benzene rings is 8. The largest absolute Gasteiger partial charge is 0.454 e. The van der Waals surface area contributed by atoms with Crippen LogP contribution in [0.1, 0.15) is 75.6 Å². The highest BCUT2D eigenvalue weighted by molar-refractivity contribution is 6.94. The zero-order valence-electron chi connectivity index (χ0n) is 36.6. The highest BCUT2D eigenvalue weighted by Crippen LogP contribution is 2.56. The summed E-state index contributed by atoms with van der Waals surface area (Å²) in [6, 6.07) is 57.6. The predicted molar refractivity (Wildman–Crippen MR) is 267 cm³/mol.